The molecule has 0 aliphatic heterocycles. The van der Waals surface area contributed by atoms with Gasteiger partial charge >= 0.3 is 0 Å². The van der Waals surface area contributed by atoms with E-state index in [1.54, 1.807) is 0 Å². The van der Waals surface area contributed by atoms with Crippen LogP contribution in [0.1, 0.15) is 44.9 Å². The van der Waals surface area contributed by atoms with Crippen molar-refractivity contribution in [1.29, 1.82) is 0 Å². The molecule has 0 atom stereocenters. The minimum atomic E-state index is 0.474. The van der Waals surface area contributed by atoms with Gasteiger partial charge in [-0.15, -0.1) is 0 Å². The Balaban J connectivity index is 1.85. The summed E-state index contributed by atoms with van der Waals surface area (Å²) in [7, 11) is 0. The lowest BCUT2D eigenvalue weighted by Gasteiger charge is -2.06. The lowest BCUT2D eigenvalue weighted by Crippen LogP contribution is -1.96. The lowest BCUT2D eigenvalue weighted by molar-refractivity contribution is 0.621. The van der Waals surface area contributed by atoms with Crippen LogP contribution < -0.4 is 0 Å². The molecule has 0 aliphatic carbocycles. The van der Waals surface area contributed by atoms with Gasteiger partial charge in [0.05, 0.1) is 5.69 Å². The van der Waals surface area contributed by atoms with Crippen LogP contribution in [0, 0.1) is 5.92 Å². The average molecular weight is 344 g/mol. The minimum Gasteiger partial charge on any atom is -0.437 e. The van der Waals surface area contributed by atoms with Gasteiger partial charge in [-0.25, -0.2) is 4.98 Å². The van der Waals surface area contributed by atoms with Crippen molar-refractivity contribution >= 4 is 22.1 Å². The van der Waals surface area contributed by atoms with Gasteiger partial charge in [0.15, 0.2) is 0 Å². The van der Waals surface area contributed by atoms with Crippen molar-refractivity contribution in [2.45, 2.75) is 40.0 Å². The molecule has 0 spiro atoms. The van der Waals surface area contributed by atoms with Crippen molar-refractivity contribution in [3.63, 3.8) is 0 Å². The Hall–Kier alpha value is -2.68. The van der Waals surface area contributed by atoms with Crippen molar-refractivity contribution < 1.29 is 4.42 Å². The number of nitrogens with zero attached hydrogens (tertiary/aromatic N) is 2. The van der Waals surface area contributed by atoms with E-state index in [4.69, 9.17) is 9.40 Å². The first kappa shape index (κ1) is 16.8. The van der Waals surface area contributed by atoms with Gasteiger partial charge < -0.3 is 4.42 Å². The van der Waals surface area contributed by atoms with Gasteiger partial charge in [0, 0.05) is 28.2 Å². The van der Waals surface area contributed by atoms with Crippen LogP contribution in [0.15, 0.2) is 53.1 Å². The molecule has 3 aromatic heterocycles. The zero-order valence-corrected chi connectivity index (χ0v) is 15.8. The summed E-state index contributed by atoms with van der Waals surface area (Å²) in [5.41, 5.74) is 5.84. The summed E-state index contributed by atoms with van der Waals surface area (Å²) in [6.07, 6.45) is 2.92. The summed E-state index contributed by atoms with van der Waals surface area (Å²) in [6.45, 7) is 8.76. The van der Waals surface area contributed by atoms with E-state index in [2.05, 4.69) is 75.1 Å². The summed E-state index contributed by atoms with van der Waals surface area (Å²) in [5, 5.41) is 2.16. The number of aromatic nitrogens is 2. The smallest absolute Gasteiger partial charge is 0.227 e. The van der Waals surface area contributed by atoms with E-state index < -0.39 is 0 Å². The monoisotopic (exact) mass is 344 g/mol. The number of hydrogen-bond donors (Lipinski definition) is 0. The highest BCUT2D eigenvalue weighted by molar-refractivity contribution is 6.08. The maximum atomic E-state index is 6.19. The standard InChI is InChI=1S/C23H24N2O/c1-14(2)12-17-9-10-19-18-6-5-7-20(22(18)26-23(19)25-17)21-11-8-16(13-24-21)15(3)4/h5-11,13-15H,12H2,1-4H3. The number of pyridine rings is 2. The Morgan fingerprint density at radius 1 is 0.923 bits per heavy atom. The molecule has 0 saturated carbocycles. The number of hydrogen-bond acceptors (Lipinski definition) is 3. The van der Waals surface area contributed by atoms with Crippen molar-refractivity contribution in [1.82, 2.24) is 9.97 Å². The van der Waals surface area contributed by atoms with E-state index in [-0.39, 0.29) is 0 Å². The van der Waals surface area contributed by atoms with E-state index in [0.29, 0.717) is 17.5 Å². The molecule has 0 aliphatic rings. The predicted octanol–water partition coefficient (Wildman–Crippen LogP) is 6.36. The van der Waals surface area contributed by atoms with Crippen molar-refractivity contribution in [3.8, 4) is 11.3 Å². The molecule has 3 heterocycles. The summed E-state index contributed by atoms with van der Waals surface area (Å²) < 4.78 is 6.19. The second-order valence-corrected chi connectivity index (χ2v) is 7.67. The van der Waals surface area contributed by atoms with Crippen LogP contribution >= 0.6 is 0 Å². The summed E-state index contributed by atoms with van der Waals surface area (Å²) in [5.74, 6) is 1.05. The quantitative estimate of drug-likeness (QED) is 0.432. The third-order valence-electron chi connectivity index (χ3n) is 4.77. The second kappa shape index (κ2) is 6.56. The zero-order chi connectivity index (χ0) is 18.3. The molecule has 0 radical (unpaired) electrons. The van der Waals surface area contributed by atoms with Crippen LogP contribution in [0.4, 0.5) is 0 Å². The van der Waals surface area contributed by atoms with Crippen LogP contribution in [0.3, 0.4) is 0 Å². The van der Waals surface area contributed by atoms with Crippen LogP contribution in [0.2, 0.25) is 0 Å². The molecule has 26 heavy (non-hydrogen) atoms. The van der Waals surface area contributed by atoms with E-state index in [9.17, 15) is 0 Å². The molecule has 0 amide bonds. The van der Waals surface area contributed by atoms with E-state index in [1.165, 1.54) is 5.56 Å². The Morgan fingerprint density at radius 2 is 1.77 bits per heavy atom. The van der Waals surface area contributed by atoms with Crippen molar-refractivity contribution in [2.24, 2.45) is 5.92 Å². The Morgan fingerprint density at radius 3 is 2.46 bits per heavy atom. The fourth-order valence-electron chi connectivity index (χ4n) is 3.36. The number of furan rings is 1. The van der Waals surface area contributed by atoms with Crippen LogP contribution in [-0.2, 0) is 6.42 Å². The summed E-state index contributed by atoms with van der Waals surface area (Å²) in [4.78, 5) is 9.40. The average Bonchev–Trinajstić information content (AvgIpc) is 2.99. The first-order valence-corrected chi connectivity index (χ1v) is 9.30. The molecular weight excluding hydrogens is 320 g/mol. The van der Waals surface area contributed by atoms with Gasteiger partial charge in [-0.1, -0.05) is 45.9 Å². The Bertz CT molecular complexity index is 1060. The van der Waals surface area contributed by atoms with Gasteiger partial charge in [0.25, 0.3) is 0 Å². The third kappa shape index (κ3) is 2.98. The molecule has 3 heteroatoms. The molecule has 1 aromatic carbocycles. The van der Waals surface area contributed by atoms with Gasteiger partial charge in [0.1, 0.15) is 5.58 Å². The molecule has 3 nitrogen and oxygen atoms in total. The fraction of sp³-hybridized carbons (Fsp3) is 0.304. The highest BCUT2D eigenvalue weighted by atomic mass is 16.3. The molecule has 0 fully saturated rings. The normalized spacial score (nSPS) is 11.9. The van der Waals surface area contributed by atoms with E-state index >= 15 is 0 Å². The van der Waals surface area contributed by atoms with Crippen LogP contribution in [0.25, 0.3) is 33.3 Å². The van der Waals surface area contributed by atoms with E-state index in [0.717, 1.165) is 39.7 Å². The summed E-state index contributed by atoms with van der Waals surface area (Å²) >= 11 is 0. The maximum Gasteiger partial charge on any atom is 0.227 e. The Kier molecular flexibility index (Phi) is 4.23. The second-order valence-electron chi connectivity index (χ2n) is 7.67. The number of para-hydroxylation sites is 1. The van der Waals surface area contributed by atoms with Gasteiger partial charge in [0.2, 0.25) is 5.71 Å². The summed E-state index contributed by atoms with van der Waals surface area (Å²) in [6, 6.07) is 14.7. The highest BCUT2D eigenvalue weighted by Crippen LogP contribution is 2.34. The SMILES string of the molecule is CC(C)Cc1ccc2c(n1)oc1c(-c3ccc(C(C)C)cn3)cccc12. The van der Waals surface area contributed by atoms with Crippen molar-refractivity contribution in [2.75, 3.05) is 0 Å². The molecular formula is C23H24N2O. The molecule has 4 rings (SSSR count). The van der Waals surface area contributed by atoms with Gasteiger partial charge in [-0.3, -0.25) is 4.98 Å². The Labute approximate surface area is 154 Å². The molecule has 0 unspecified atom stereocenters. The molecule has 0 bridgehead atoms. The highest BCUT2D eigenvalue weighted by Gasteiger charge is 2.14. The molecule has 132 valence electrons. The number of rotatable bonds is 4. The largest absolute Gasteiger partial charge is 0.437 e. The fourth-order valence-corrected chi connectivity index (χ4v) is 3.36. The van der Waals surface area contributed by atoms with Gasteiger partial charge in [-0.2, -0.15) is 0 Å². The first-order chi connectivity index (χ1) is 12.5. The number of fused-ring (bicyclic) bond motifs is 3. The minimum absolute atomic E-state index is 0.474. The topological polar surface area (TPSA) is 38.9 Å². The maximum absolute atomic E-state index is 6.19. The third-order valence-corrected chi connectivity index (χ3v) is 4.77. The van der Waals surface area contributed by atoms with Gasteiger partial charge in [-0.05, 0) is 48.1 Å². The zero-order valence-electron chi connectivity index (χ0n) is 15.8. The first-order valence-electron chi connectivity index (χ1n) is 9.30. The molecule has 4 aromatic rings. The number of benzene rings is 1. The van der Waals surface area contributed by atoms with Crippen LogP contribution in [-0.4, -0.2) is 9.97 Å². The lowest BCUT2D eigenvalue weighted by atomic mass is 10.0. The molecule has 0 saturated heterocycles. The van der Waals surface area contributed by atoms with E-state index in [1.807, 2.05) is 6.20 Å². The molecule has 0 N–H and O–H groups in total. The van der Waals surface area contributed by atoms with Crippen LogP contribution in [0.5, 0.6) is 0 Å². The predicted molar refractivity (Wildman–Crippen MR) is 107 cm³/mol. The van der Waals surface area contributed by atoms with Crippen molar-refractivity contribution in [3.05, 3.63) is 59.9 Å².